The zero-order valence-electron chi connectivity index (χ0n) is 15.9. The first-order valence-corrected chi connectivity index (χ1v) is 8.72. The lowest BCUT2D eigenvalue weighted by Gasteiger charge is -2.13. The van der Waals surface area contributed by atoms with Gasteiger partial charge < -0.3 is 18.6 Å². The normalized spacial score (nSPS) is 11.8. The SMILES string of the molecule is COc1cc(-c2n[nH]c(=S)n2/N=C\C(C)=C/c2ccco2)cc(OC)c1OC. The third kappa shape index (κ3) is 3.99. The predicted octanol–water partition coefficient (Wildman–Crippen LogP) is 4.16. The van der Waals surface area contributed by atoms with Gasteiger partial charge in [-0.1, -0.05) is 0 Å². The van der Waals surface area contributed by atoms with Gasteiger partial charge >= 0.3 is 0 Å². The molecular weight excluding hydrogens is 380 g/mol. The molecular formula is C19H20N4O4S. The number of methoxy groups -OCH3 is 3. The van der Waals surface area contributed by atoms with Crippen LogP contribution in [0.2, 0.25) is 0 Å². The van der Waals surface area contributed by atoms with Crippen LogP contribution in [0.15, 0.2) is 45.6 Å². The lowest BCUT2D eigenvalue weighted by Crippen LogP contribution is -1.99. The number of nitrogens with zero attached hydrogens (tertiary/aromatic N) is 3. The Labute approximate surface area is 167 Å². The standard InChI is InChI=1S/C19H20N4O4S/c1-12(8-14-6-5-7-27-14)11-20-23-18(21-22-19(23)28)13-9-15(24-2)17(26-4)16(10-13)25-3/h5-11H,1-4H3,(H,22,28)/b12-8-,20-11-. The highest BCUT2D eigenvalue weighted by Crippen LogP contribution is 2.40. The molecule has 0 aliphatic rings. The topological polar surface area (TPSA) is 86.8 Å². The summed E-state index contributed by atoms with van der Waals surface area (Å²) in [5.74, 6) is 2.76. The summed E-state index contributed by atoms with van der Waals surface area (Å²) < 4.78 is 23.4. The molecule has 0 spiro atoms. The highest BCUT2D eigenvalue weighted by Gasteiger charge is 2.17. The molecule has 2 heterocycles. The molecule has 0 aliphatic carbocycles. The van der Waals surface area contributed by atoms with Gasteiger partial charge in [-0.2, -0.15) is 14.9 Å². The summed E-state index contributed by atoms with van der Waals surface area (Å²) in [5.41, 5.74) is 1.58. The Bertz CT molecular complexity index is 1040. The molecule has 8 nitrogen and oxygen atoms in total. The molecule has 28 heavy (non-hydrogen) atoms. The number of benzene rings is 1. The first-order chi connectivity index (χ1) is 13.6. The Morgan fingerprint density at radius 1 is 1.21 bits per heavy atom. The monoisotopic (exact) mass is 400 g/mol. The van der Waals surface area contributed by atoms with E-state index in [0.29, 0.717) is 33.4 Å². The van der Waals surface area contributed by atoms with Crippen LogP contribution in [0.4, 0.5) is 0 Å². The summed E-state index contributed by atoms with van der Waals surface area (Å²) in [4.78, 5) is 0. The van der Waals surface area contributed by atoms with Gasteiger partial charge in [0.05, 0.1) is 33.8 Å². The second kappa shape index (κ2) is 8.57. The quantitative estimate of drug-likeness (QED) is 0.473. The van der Waals surface area contributed by atoms with Crippen LogP contribution in [-0.2, 0) is 0 Å². The van der Waals surface area contributed by atoms with Crippen molar-refractivity contribution in [3.05, 3.63) is 46.6 Å². The van der Waals surface area contributed by atoms with E-state index in [1.54, 1.807) is 45.9 Å². The van der Waals surface area contributed by atoms with E-state index < -0.39 is 0 Å². The maximum absolute atomic E-state index is 5.41. The Morgan fingerprint density at radius 2 is 1.93 bits per heavy atom. The second-order valence-corrected chi connectivity index (χ2v) is 6.11. The van der Waals surface area contributed by atoms with Crippen LogP contribution in [0.25, 0.3) is 17.5 Å². The number of aromatic nitrogens is 3. The van der Waals surface area contributed by atoms with Crippen molar-refractivity contribution in [2.24, 2.45) is 5.10 Å². The lowest BCUT2D eigenvalue weighted by molar-refractivity contribution is 0.324. The van der Waals surface area contributed by atoms with Crippen LogP contribution in [0.3, 0.4) is 0 Å². The fraction of sp³-hybridized carbons (Fsp3) is 0.211. The molecule has 0 unspecified atom stereocenters. The Morgan fingerprint density at radius 3 is 2.50 bits per heavy atom. The molecule has 0 atom stereocenters. The fourth-order valence-corrected chi connectivity index (χ4v) is 2.76. The van der Waals surface area contributed by atoms with Crippen LogP contribution in [-0.4, -0.2) is 42.4 Å². The van der Waals surface area contributed by atoms with Crippen molar-refractivity contribution in [3.63, 3.8) is 0 Å². The van der Waals surface area contributed by atoms with Crippen LogP contribution in [0.5, 0.6) is 17.2 Å². The Balaban J connectivity index is 2.02. The number of rotatable bonds is 7. The smallest absolute Gasteiger partial charge is 0.216 e. The minimum atomic E-state index is 0.353. The minimum Gasteiger partial charge on any atom is -0.493 e. The number of furan rings is 1. The Kier molecular flexibility index (Phi) is 5.95. The molecule has 2 aromatic heterocycles. The van der Waals surface area contributed by atoms with Crippen molar-refractivity contribution in [1.29, 1.82) is 0 Å². The highest BCUT2D eigenvalue weighted by molar-refractivity contribution is 7.71. The number of hydrogen-bond donors (Lipinski definition) is 1. The number of nitrogens with one attached hydrogen (secondary N) is 1. The first-order valence-electron chi connectivity index (χ1n) is 8.31. The van der Waals surface area contributed by atoms with Gasteiger partial charge in [0.25, 0.3) is 0 Å². The van der Waals surface area contributed by atoms with Crippen molar-refractivity contribution >= 4 is 24.5 Å². The molecule has 0 radical (unpaired) electrons. The number of hydrogen-bond acceptors (Lipinski definition) is 7. The van der Waals surface area contributed by atoms with Crippen molar-refractivity contribution in [1.82, 2.24) is 14.9 Å². The molecule has 0 amide bonds. The molecule has 3 rings (SSSR count). The number of allylic oxidation sites excluding steroid dienone is 1. The van der Waals surface area contributed by atoms with E-state index in [0.717, 1.165) is 11.3 Å². The fourth-order valence-electron chi connectivity index (χ4n) is 2.58. The first kappa shape index (κ1) is 19.4. The molecule has 3 aromatic rings. The van der Waals surface area contributed by atoms with Gasteiger partial charge in [0.2, 0.25) is 10.5 Å². The number of ether oxygens (including phenoxy) is 3. The van der Waals surface area contributed by atoms with Gasteiger partial charge in [0, 0.05) is 5.56 Å². The summed E-state index contributed by atoms with van der Waals surface area (Å²) in [6, 6.07) is 7.25. The molecule has 1 N–H and O–H groups in total. The third-order valence-electron chi connectivity index (χ3n) is 3.86. The van der Waals surface area contributed by atoms with Crippen molar-refractivity contribution < 1.29 is 18.6 Å². The summed E-state index contributed by atoms with van der Waals surface area (Å²) >= 11 is 5.32. The molecule has 0 fully saturated rings. The van der Waals surface area contributed by atoms with Crippen molar-refractivity contribution in [3.8, 4) is 28.6 Å². The van der Waals surface area contributed by atoms with Gasteiger partial charge in [-0.3, -0.25) is 0 Å². The van der Waals surface area contributed by atoms with Crippen LogP contribution < -0.4 is 14.2 Å². The van der Waals surface area contributed by atoms with Crippen molar-refractivity contribution in [2.45, 2.75) is 6.92 Å². The molecule has 9 heteroatoms. The molecule has 0 saturated heterocycles. The highest BCUT2D eigenvalue weighted by atomic mass is 32.1. The van der Waals surface area contributed by atoms with E-state index in [1.165, 1.54) is 4.68 Å². The maximum atomic E-state index is 5.41. The summed E-state index contributed by atoms with van der Waals surface area (Å²) in [6.45, 7) is 1.91. The van der Waals surface area contributed by atoms with E-state index in [1.807, 2.05) is 25.1 Å². The average Bonchev–Trinajstić information content (AvgIpc) is 3.34. The third-order valence-corrected chi connectivity index (χ3v) is 4.13. The molecule has 1 aromatic carbocycles. The maximum Gasteiger partial charge on any atom is 0.216 e. The van der Waals surface area contributed by atoms with Crippen LogP contribution in [0, 0.1) is 4.77 Å². The van der Waals surface area contributed by atoms with E-state index in [9.17, 15) is 0 Å². The van der Waals surface area contributed by atoms with Gasteiger partial charge in [0.1, 0.15) is 5.76 Å². The molecule has 0 saturated carbocycles. The largest absolute Gasteiger partial charge is 0.493 e. The predicted molar refractivity (Wildman–Crippen MR) is 109 cm³/mol. The van der Waals surface area contributed by atoms with Gasteiger partial charge in [0.15, 0.2) is 17.3 Å². The van der Waals surface area contributed by atoms with Gasteiger partial charge in [-0.05, 0) is 55.1 Å². The molecule has 0 bridgehead atoms. The van der Waals surface area contributed by atoms with E-state index in [2.05, 4.69) is 15.3 Å². The summed E-state index contributed by atoms with van der Waals surface area (Å²) in [5, 5.41) is 11.5. The minimum absolute atomic E-state index is 0.353. The van der Waals surface area contributed by atoms with E-state index >= 15 is 0 Å². The Hall–Kier alpha value is -3.33. The van der Waals surface area contributed by atoms with Crippen LogP contribution in [0.1, 0.15) is 12.7 Å². The second-order valence-electron chi connectivity index (χ2n) is 5.73. The van der Waals surface area contributed by atoms with Crippen molar-refractivity contribution in [2.75, 3.05) is 21.3 Å². The number of H-pyrrole nitrogens is 1. The zero-order valence-corrected chi connectivity index (χ0v) is 16.7. The zero-order chi connectivity index (χ0) is 20.1. The molecule has 0 aliphatic heterocycles. The van der Waals surface area contributed by atoms with Gasteiger partial charge in [-0.25, -0.2) is 5.10 Å². The summed E-state index contributed by atoms with van der Waals surface area (Å²) in [7, 11) is 4.66. The molecule has 146 valence electrons. The lowest BCUT2D eigenvalue weighted by atomic mass is 10.1. The van der Waals surface area contributed by atoms with Crippen LogP contribution >= 0.6 is 12.2 Å². The van der Waals surface area contributed by atoms with Gasteiger partial charge in [-0.15, -0.1) is 0 Å². The average molecular weight is 400 g/mol. The van der Waals surface area contributed by atoms with E-state index in [-0.39, 0.29) is 0 Å². The summed E-state index contributed by atoms with van der Waals surface area (Å²) in [6.07, 6.45) is 5.16. The van der Waals surface area contributed by atoms with E-state index in [4.69, 9.17) is 30.8 Å². The number of aromatic amines is 1.